The average molecular weight is 279 g/mol. The van der Waals surface area contributed by atoms with Crippen molar-refractivity contribution in [1.82, 2.24) is 9.97 Å². The van der Waals surface area contributed by atoms with Crippen molar-refractivity contribution in [2.45, 2.75) is 33.1 Å². The van der Waals surface area contributed by atoms with E-state index in [0.717, 1.165) is 28.3 Å². The monoisotopic (exact) mass is 279 g/mol. The third-order valence-electron chi connectivity index (χ3n) is 2.74. The summed E-state index contributed by atoms with van der Waals surface area (Å²) >= 11 is 1.65. The van der Waals surface area contributed by atoms with Gasteiger partial charge in [-0.25, -0.2) is 9.97 Å². The number of fused-ring (bicyclic) bond motifs is 1. The molecule has 19 heavy (non-hydrogen) atoms. The molecule has 2 aromatic rings. The minimum absolute atomic E-state index is 0.171. The normalized spacial score (nSPS) is 10.8. The Hall–Kier alpha value is -1.69. The van der Waals surface area contributed by atoms with E-state index in [9.17, 15) is 4.79 Å². The van der Waals surface area contributed by atoms with Crippen molar-refractivity contribution in [2.75, 3.05) is 11.9 Å². The first-order valence-corrected chi connectivity index (χ1v) is 7.14. The van der Waals surface area contributed by atoms with E-state index < -0.39 is 5.97 Å². The summed E-state index contributed by atoms with van der Waals surface area (Å²) in [6, 6.07) is 2.07. The fourth-order valence-corrected chi connectivity index (χ4v) is 2.72. The van der Waals surface area contributed by atoms with Crippen LogP contribution in [0.5, 0.6) is 0 Å². The van der Waals surface area contributed by atoms with Crippen molar-refractivity contribution >= 4 is 33.3 Å². The zero-order valence-corrected chi connectivity index (χ0v) is 11.9. The summed E-state index contributed by atoms with van der Waals surface area (Å²) in [5.74, 6) is 0.863. The highest BCUT2D eigenvalue weighted by molar-refractivity contribution is 7.18. The molecule has 2 heterocycles. The predicted molar refractivity (Wildman–Crippen MR) is 76.9 cm³/mol. The molecular weight excluding hydrogens is 262 g/mol. The number of thiophene rings is 1. The molecule has 102 valence electrons. The van der Waals surface area contributed by atoms with Crippen LogP contribution < -0.4 is 5.32 Å². The number of aromatic nitrogens is 2. The van der Waals surface area contributed by atoms with E-state index in [0.29, 0.717) is 13.0 Å². The van der Waals surface area contributed by atoms with Gasteiger partial charge in [-0.15, -0.1) is 11.3 Å². The number of carboxylic acids is 1. The van der Waals surface area contributed by atoms with Crippen molar-refractivity contribution in [3.63, 3.8) is 0 Å². The summed E-state index contributed by atoms with van der Waals surface area (Å²) in [6.07, 6.45) is 1.55. The third kappa shape index (κ3) is 3.41. The lowest BCUT2D eigenvalue weighted by molar-refractivity contribution is -0.137. The van der Waals surface area contributed by atoms with Crippen LogP contribution in [0.2, 0.25) is 0 Å². The highest BCUT2D eigenvalue weighted by atomic mass is 32.1. The topological polar surface area (TPSA) is 75.1 Å². The Morgan fingerprint density at radius 3 is 2.95 bits per heavy atom. The second-order valence-electron chi connectivity index (χ2n) is 4.34. The van der Waals surface area contributed by atoms with Crippen LogP contribution in [0.25, 0.3) is 10.2 Å². The van der Waals surface area contributed by atoms with Gasteiger partial charge in [0.15, 0.2) is 0 Å². The molecule has 0 atom stereocenters. The van der Waals surface area contributed by atoms with Crippen LogP contribution >= 0.6 is 11.3 Å². The fourth-order valence-electron chi connectivity index (χ4n) is 1.83. The lowest BCUT2D eigenvalue weighted by Gasteiger charge is -2.07. The van der Waals surface area contributed by atoms with E-state index in [-0.39, 0.29) is 6.42 Å². The van der Waals surface area contributed by atoms with Crippen LogP contribution in [0.4, 0.5) is 5.82 Å². The molecule has 0 radical (unpaired) electrons. The van der Waals surface area contributed by atoms with Gasteiger partial charge in [-0.2, -0.15) is 0 Å². The Balaban J connectivity index is 2.17. The first-order valence-electron chi connectivity index (χ1n) is 6.33. The smallest absolute Gasteiger partial charge is 0.303 e. The Kier molecular flexibility index (Phi) is 4.31. The quantitative estimate of drug-likeness (QED) is 0.795. The Labute approximate surface area is 115 Å². The van der Waals surface area contributed by atoms with E-state index in [1.165, 1.54) is 4.88 Å². The molecule has 0 aliphatic carbocycles. The molecule has 5 nitrogen and oxygen atoms in total. The second kappa shape index (κ2) is 5.97. The van der Waals surface area contributed by atoms with Crippen molar-refractivity contribution in [1.29, 1.82) is 0 Å². The van der Waals surface area contributed by atoms with Crippen LogP contribution in [0.3, 0.4) is 0 Å². The van der Waals surface area contributed by atoms with Crippen molar-refractivity contribution < 1.29 is 9.90 Å². The zero-order valence-electron chi connectivity index (χ0n) is 11.1. The van der Waals surface area contributed by atoms with Gasteiger partial charge in [-0.3, -0.25) is 4.79 Å². The molecule has 0 aliphatic rings. The standard InChI is InChI=1S/C13H17N3O2S/c1-3-10-15-12(14-6-4-5-11(17)18)9-7-8(2)19-13(9)16-10/h7H,3-6H2,1-2H3,(H,17,18)(H,14,15,16). The second-order valence-corrected chi connectivity index (χ2v) is 5.58. The van der Waals surface area contributed by atoms with Gasteiger partial charge < -0.3 is 10.4 Å². The molecular formula is C13H17N3O2S. The highest BCUT2D eigenvalue weighted by Gasteiger charge is 2.09. The summed E-state index contributed by atoms with van der Waals surface area (Å²) in [5, 5.41) is 12.9. The molecule has 0 aromatic carbocycles. The van der Waals surface area contributed by atoms with Crippen LogP contribution in [0, 0.1) is 6.92 Å². The number of aliphatic carboxylic acids is 1. The molecule has 0 amide bonds. The molecule has 0 spiro atoms. The van der Waals surface area contributed by atoms with Gasteiger partial charge in [-0.1, -0.05) is 6.92 Å². The van der Waals surface area contributed by atoms with Gasteiger partial charge in [0, 0.05) is 24.3 Å². The number of hydrogen-bond donors (Lipinski definition) is 2. The van der Waals surface area contributed by atoms with E-state index in [1.807, 2.05) is 13.8 Å². The molecule has 0 fully saturated rings. The number of nitrogens with zero attached hydrogens (tertiary/aromatic N) is 2. The number of anilines is 1. The zero-order chi connectivity index (χ0) is 13.8. The molecule has 0 bridgehead atoms. The predicted octanol–water partition coefficient (Wildman–Crippen LogP) is 2.84. The van der Waals surface area contributed by atoms with Gasteiger partial charge in [0.05, 0.1) is 5.39 Å². The lowest BCUT2D eigenvalue weighted by atomic mass is 10.3. The number of rotatable bonds is 6. The molecule has 0 saturated carbocycles. The van der Waals surface area contributed by atoms with Gasteiger partial charge in [0.2, 0.25) is 0 Å². The number of hydrogen-bond acceptors (Lipinski definition) is 5. The SMILES string of the molecule is CCc1nc(NCCCC(=O)O)c2cc(C)sc2n1. The van der Waals surface area contributed by atoms with Crippen molar-refractivity contribution in [3.8, 4) is 0 Å². The third-order valence-corrected chi connectivity index (χ3v) is 3.68. The summed E-state index contributed by atoms with van der Waals surface area (Å²) in [5.41, 5.74) is 0. The van der Waals surface area contributed by atoms with E-state index in [4.69, 9.17) is 5.11 Å². The first-order chi connectivity index (χ1) is 9.10. The molecule has 0 aliphatic heterocycles. The molecule has 2 aromatic heterocycles. The van der Waals surface area contributed by atoms with Gasteiger partial charge in [0.1, 0.15) is 16.5 Å². The maximum atomic E-state index is 10.5. The van der Waals surface area contributed by atoms with Crippen molar-refractivity contribution in [2.24, 2.45) is 0 Å². The summed E-state index contributed by atoms with van der Waals surface area (Å²) in [6.45, 7) is 4.68. The molecule has 0 saturated heterocycles. The van der Waals surface area contributed by atoms with Crippen LogP contribution in [0.1, 0.15) is 30.5 Å². The van der Waals surface area contributed by atoms with Gasteiger partial charge >= 0.3 is 5.97 Å². The Bertz CT molecular complexity index is 595. The minimum atomic E-state index is -0.768. The molecule has 6 heteroatoms. The van der Waals surface area contributed by atoms with E-state index in [1.54, 1.807) is 11.3 Å². The number of carboxylic acid groups (broad SMARTS) is 1. The number of carbonyl (C=O) groups is 1. The van der Waals surface area contributed by atoms with Crippen LogP contribution in [0.15, 0.2) is 6.07 Å². The Morgan fingerprint density at radius 2 is 2.26 bits per heavy atom. The number of aryl methyl sites for hydroxylation is 2. The summed E-state index contributed by atoms with van der Waals surface area (Å²) in [7, 11) is 0. The largest absolute Gasteiger partial charge is 0.481 e. The average Bonchev–Trinajstić information content (AvgIpc) is 2.74. The maximum absolute atomic E-state index is 10.5. The van der Waals surface area contributed by atoms with Gasteiger partial charge in [-0.05, 0) is 19.4 Å². The van der Waals surface area contributed by atoms with Crippen LogP contribution in [-0.2, 0) is 11.2 Å². The minimum Gasteiger partial charge on any atom is -0.481 e. The lowest BCUT2D eigenvalue weighted by Crippen LogP contribution is -2.07. The molecule has 2 rings (SSSR count). The molecule has 2 N–H and O–H groups in total. The first kappa shape index (κ1) is 13.7. The highest BCUT2D eigenvalue weighted by Crippen LogP contribution is 2.28. The maximum Gasteiger partial charge on any atom is 0.303 e. The molecule has 0 unspecified atom stereocenters. The fraction of sp³-hybridized carbons (Fsp3) is 0.462. The van der Waals surface area contributed by atoms with Crippen LogP contribution in [-0.4, -0.2) is 27.6 Å². The van der Waals surface area contributed by atoms with Gasteiger partial charge in [0.25, 0.3) is 0 Å². The summed E-state index contributed by atoms with van der Waals surface area (Å²) in [4.78, 5) is 21.7. The van der Waals surface area contributed by atoms with Crippen molar-refractivity contribution in [3.05, 3.63) is 16.8 Å². The summed E-state index contributed by atoms with van der Waals surface area (Å²) < 4.78 is 0. The number of nitrogens with one attached hydrogen (secondary N) is 1. The van der Waals surface area contributed by atoms with E-state index >= 15 is 0 Å². The van der Waals surface area contributed by atoms with E-state index in [2.05, 4.69) is 21.4 Å². The Morgan fingerprint density at radius 1 is 1.47 bits per heavy atom.